The van der Waals surface area contributed by atoms with Crippen molar-refractivity contribution in [1.29, 1.82) is 0 Å². The van der Waals surface area contributed by atoms with E-state index in [0.29, 0.717) is 22.6 Å². The maximum atomic E-state index is 15.1. The molecule has 0 unspecified atom stereocenters. The second kappa shape index (κ2) is 12.3. The smallest absolute Gasteiger partial charge is 0.166 e. The highest BCUT2D eigenvalue weighted by molar-refractivity contribution is 5.65. The van der Waals surface area contributed by atoms with E-state index in [0.717, 1.165) is 44.1 Å². The highest BCUT2D eigenvalue weighted by Gasteiger charge is 2.25. The molecule has 1 fully saturated rings. The quantitative estimate of drug-likeness (QED) is 0.270. The number of aryl methyl sites for hydroxylation is 1. The Labute approximate surface area is 213 Å². The molecule has 0 N–H and O–H groups in total. The predicted octanol–water partition coefficient (Wildman–Crippen LogP) is 9.50. The van der Waals surface area contributed by atoms with E-state index in [1.807, 2.05) is 36.4 Å². The second-order valence-electron chi connectivity index (χ2n) is 9.85. The Morgan fingerprint density at radius 2 is 1.61 bits per heavy atom. The Morgan fingerprint density at radius 3 is 2.28 bits per heavy atom. The molecule has 36 heavy (non-hydrogen) atoms. The van der Waals surface area contributed by atoms with Crippen molar-refractivity contribution < 1.29 is 17.9 Å². The first-order valence-corrected chi connectivity index (χ1v) is 13.1. The van der Waals surface area contributed by atoms with E-state index >= 15 is 8.78 Å². The molecular weight excluding hydrogens is 457 g/mol. The number of allylic oxidation sites excluding steroid dienone is 1. The van der Waals surface area contributed by atoms with E-state index in [-0.39, 0.29) is 17.5 Å². The van der Waals surface area contributed by atoms with Gasteiger partial charge in [-0.2, -0.15) is 0 Å². The normalized spacial score (nSPS) is 18.0. The van der Waals surface area contributed by atoms with Crippen LogP contribution in [0.15, 0.2) is 60.7 Å². The van der Waals surface area contributed by atoms with Crippen molar-refractivity contribution >= 4 is 6.08 Å². The van der Waals surface area contributed by atoms with Gasteiger partial charge in [0.15, 0.2) is 23.2 Å². The SMILES string of the molecule is CCCCCc1ccc(-c2ccc(C3CCC(/C=C/c4ccc(OC)c(F)c4)CC3)c(F)c2F)cc1. The zero-order valence-electron chi connectivity index (χ0n) is 21.2. The largest absolute Gasteiger partial charge is 0.494 e. The van der Waals surface area contributed by atoms with E-state index in [4.69, 9.17) is 4.74 Å². The maximum absolute atomic E-state index is 15.1. The molecule has 1 aliphatic carbocycles. The van der Waals surface area contributed by atoms with E-state index in [9.17, 15) is 4.39 Å². The van der Waals surface area contributed by atoms with Crippen molar-refractivity contribution in [2.45, 2.75) is 64.2 Å². The van der Waals surface area contributed by atoms with Crippen molar-refractivity contribution in [2.75, 3.05) is 7.11 Å². The molecule has 3 aromatic rings. The van der Waals surface area contributed by atoms with Crippen molar-refractivity contribution in [3.8, 4) is 16.9 Å². The molecule has 1 saturated carbocycles. The number of methoxy groups -OCH3 is 1. The lowest BCUT2D eigenvalue weighted by atomic mass is 9.78. The molecule has 3 aromatic carbocycles. The summed E-state index contributed by atoms with van der Waals surface area (Å²) < 4.78 is 49.1. The van der Waals surface area contributed by atoms with Gasteiger partial charge in [-0.15, -0.1) is 0 Å². The fraction of sp³-hybridized carbons (Fsp3) is 0.375. The van der Waals surface area contributed by atoms with Gasteiger partial charge in [0.05, 0.1) is 7.11 Å². The van der Waals surface area contributed by atoms with E-state index in [2.05, 4.69) is 13.0 Å². The summed E-state index contributed by atoms with van der Waals surface area (Å²) in [6, 6.07) is 16.2. The van der Waals surface area contributed by atoms with Crippen LogP contribution >= 0.6 is 0 Å². The van der Waals surface area contributed by atoms with Gasteiger partial charge in [0.1, 0.15) is 0 Å². The predicted molar refractivity (Wildman–Crippen MR) is 142 cm³/mol. The molecule has 190 valence electrons. The summed E-state index contributed by atoms with van der Waals surface area (Å²) >= 11 is 0. The van der Waals surface area contributed by atoms with Crippen LogP contribution in [0.25, 0.3) is 17.2 Å². The molecule has 0 bridgehead atoms. The Bertz CT molecular complexity index is 1170. The number of unbranched alkanes of at least 4 members (excludes halogenated alkanes) is 2. The summed E-state index contributed by atoms with van der Waals surface area (Å²) in [5.41, 5.74) is 3.52. The molecule has 0 amide bonds. The van der Waals surface area contributed by atoms with Gasteiger partial charge in [-0.05, 0) is 84.7 Å². The highest BCUT2D eigenvalue weighted by Crippen LogP contribution is 2.39. The Kier molecular flexibility index (Phi) is 8.90. The second-order valence-corrected chi connectivity index (χ2v) is 9.85. The molecule has 0 atom stereocenters. The molecule has 1 aliphatic rings. The minimum Gasteiger partial charge on any atom is -0.494 e. The van der Waals surface area contributed by atoms with E-state index in [1.165, 1.54) is 31.6 Å². The lowest BCUT2D eigenvalue weighted by Crippen LogP contribution is -2.13. The zero-order valence-corrected chi connectivity index (χ0v) is 21.2. The first-order valence-electron chi connectivity index (χ1n) is 13.1. The third-order valence-corrected chi connectivity index (χ3v) is 7.39. The third kappa shape index (κ3) is 6.21. The van der Waals surface area contributed by atoms with Gasteiger partial charge in [0, 0.05) is 5.56 Å². The fourth-order valence-corrected chi connectivity index (χ4v) is 5.19. The third-order valence-electron chi connectivity index (χ3n) is 7.39. The standard InChI is InChI=1S/C32H35F3O/c1-3-4-5-6-22-9-14-25(15-10-22)27-18-19-28(32(35)31(27)34)26-16-11-23(12-17-26)7-8-24-13-20-30(36-2)29(33)21-24/h7-10,13-15,18-21,23,26H,3-6,11-12,16-17H2,1-2H3/b8-7+. The number of hydrogen-bond acceptors (Lipinski definition) is 1. The van der Waals surface area contributed by atoms with Crippen LogP contribution in [-0.2, 0) is 6.42 Å². The molecule has 1 nitrogen and oxygen atoms in total. The van der Waals surface area contributed by atoms with Crippen molar-refractivity contribution in [3.63, 3.8) is 0 Å². The number of hydrogen-bond donors (Lipinski definition) is 0. The number of halogens is 3. The summed E-state index contributed by atoms with van der Waals surface area (Å²) in [6.45, 7) is 2.18. The zero-order chi connectivity index (χ0) is 25.5. The van der Waals surface area contributed by atoms with Crippen LogP contribution in [0.5, 0.6) is 5.75 Å². The summed E-state index contributed by atoms with van der Waals surface area (Å²) in [4.78, 5) is 0. The van der Waals surface area contributed by atoms with Crippen molar-refractivity contribution in [1.82, 2.24) is 0 Å². The molecule has 4 rings (SSSR count). The van der Waals surface area contributed by atoms with Crippen molar-refractivity contribution in [2.24, 2.45) is 5.92 Å². The number of rotatable bonds is 9. The van der Waals surface area contributed by atoms with Crippen LogP contribution in [-0.4, -0.2) is 7.11 Å². The van der Waals surface area contributed by atoms with Crippen LogP contribution in [0.4, 0.5) is 13.2 Å². The number of benzene rings is 3. The topological polar surface area (TPSA) is 9.23 Å². The lowest BCUT2D eigenvalue weighted by molar-refractivity contribution is 0.365. The molecule has 0 spiro atoms. The minimum atomic E-state index is -0.755. The van der Waals surface area contributed by atoms with Gasteiger partial charge in [-0.25, -0.2) is 13.2 Å². The van der Waals surface area contributed by atoms with Crippen LogP contribution in [0, 0.1) is 23.4 Å². The average molecular weight is 493 g/mol. The highest BCUT2D eigenvalue weighted by atomic mass is 19.2. The van der Waals surface area contributed by atoms with Gasteiger partial charge in [0.2, 0.25) is 0 Å². The first-order chi connectivity index (χ1) is 17.5. The molecule has 0 aromatic heterocycles. The van der Waals surface area contributed by atoms with Crippen LogP contribution in [0.3, 0.4) is 0 Å². The Morgan fingerprint density at radius 1 is 0.861 bits per heavy atom. The molecule has 0 saturated heterocycles. The summed E-state index contributed by atoms with van der Waals surface area (Å²) in [5, 5.41) is 0. The van der Waals surface area contributed by atoms with Crippen LogP contribution in [0.1, 0.15) is 74.5 Å². The summed E-state index contributed by atoms with van der Waals surface area (Å²) in [5.74, 6) is -1.27. The Hall–Kier alpha value is -3.01. The average Bonchev–Trinajstić information content (AvgIpc) is 2.90. The molecule has 4 heteroatoms. The molecular formula is C32H35F3O. The van der Waals surface area contributed by atoms with Gasteiger partial charge in [0.25, 0.3) is 0 Å². The summed E-state index contributed by atoms with van der Waals surface area (Å²) in [6.07, 6.45) is 11.9. The van der Waals surface area contributed by atoms with Crippen molar-refractivity contribution in [3.05, 3.63) is 94.8 Å². The van der Waals surface area contributed by atoms with Gasteiger partial charge in [-0.3, -0.25) is 0 Å². The maximum Gasteiger partial charge on any atom is 0.166 e. The summed E-state index contributed by atoms with van der Waals surface area (Å²) in [7, 11) is 1.45. The first kappa shape index (κ1) is 26.1. The van der Waals surface area contributed by atoms with Gasteiger partial charge >= 0.3 is 0 Å². The fourth-order valence-electron chi connectivity index (χ4n) is 5.19. The van der Waals surface area contributed by atoms with E-state index < -0.39 is 11.6 Å². The number of ether oxygens (including phenoxy) is 1. The van der Waals surface area contributed by atoms with E-state index in [1.54, 1.807) is 18.2 Å². The molecule has 0 aliphatic heterocycles. The van der Waals surface area contributed by atoms with Crippen LogP contribution in [0.2, 0.25) is 0 Å². The monoisotopic (exact) mass is 492 g/mol. The minimum absolute atomic E-state index is 0.0116. The lowest BCUT2D eigenvalue weighted by Gasteiger charge is -2.27. The van der Waals surface area contributed by atoms with Gasteiger partial charge < -0.3 is 4.74 Å². The molecule has 0 heterocycles. The van der Waals surface area contributed by atoms with Crippen LogP contribution < -0.4 is 4.74 Å². The Balaban J connectivity index is 1.38. The molecule has 0 radical (unpaired) electrons. The van der Waals surface area contributed by atoms with Gasteiger partial charge in [-0.1, -0.05) is 74.4 Å².